The second-order valence-electron chi connectivity index (χ2n) is 5.59. The van der Waals surface area contributed by atoms with Crippen LogP contribution in [0.5, 0.6) is 0 Å². The topological polar surface area (TPSA) is 32.7 Å². The van der Waals surface area contributed by atoms with Gasteiger partial charge in [-0.1, -0.05) is 20.3 Å². The SMILES string of the molecule is CC.CC(C)OC1CCCC1O.CN1CCCCC1. The number of aliphatic hydroxyl groups excluding tert-OH is 1. The van der Waals surface area contributed by atoms with Crippen molar-refractivity contribution in [1.29, 1.82) is 0 Å². The fourth-order valence-electron chi connectivity index (χ4n) is 2.47. The van der Waals surface area contributed by atoms with E-state index in [4.69, 9.17) is 4.74 Å². The van der Waals surface area contributed by atoms with Crippen LogP contribution in [0.3, 0.4) is 0 Å². The minimum Gasteiger partial charge on any atom is -0.390 e. The van der Waals surface area contributed by atoms with Crippen LogP contribution < -0.4 is 0 Å². The lowest BCUT2D eigenvalue weighted by molar-refractivity contribution is -0.0481. The molecule has 3 nitrogen and oxygen atoms in total. The largest absolute Gasteiger partial charge is 0.390 e. The second-order valence-corrected chi connectivity index (χ2v) is 5.59. The Balaban J connectivity index is 0.000000316. The van der Waals surface area contributed by atoms with Crippen LogP contribution in [-0.4, -0.2) is 48.5 Å². The number of ether oxygens (including phenoxy) is 1. The number of hydrogen-bond donors (Lipinski definition) is 1. The minimum atomic E-state index is -0.206. The van der Waals surface area contributed by atoms with Crippen LogP contribution in [0, 0.1) is 0 Å². The molecule has 0 bridgehead atoms. The quantitative estimate of drug-likeness (QED) is 0.836. The van der Waals surface area contributed by atoms with Gasteiger partial charge >= 0.3 is 0 Å². The molecule has 0 aromatic heterocycles. The maximum Gasteiger partial charge on any atom is 0.0837 e. The maximum atomic E-state index is 9.31. The summed E-state index contributed by atoms with van der Waals surface area (Å²) in [4.78, 5) is 2.39. The summed E-state index contributed by atoms with van der Waals surface area (Å²) in [6.07, 6.45) is 7.48. The van der Waals surface area contributed by atoms with E-state index in [2.05, 4.69) is 11.9 Å². The van der Waals surface area contributed by atoms with Crippen molar-refractivity contribution in [2.45, 2.75) is 84.5 Å². The van der Waals surface area contributed by atoms with E-state index in [0.29, 0.717) is 0 Å². The third-order valence-corrected chi connectivity index (χ3v) is 3.44. The standard InChI is InChI=1S/C8H16O2.C6H13N.C2H6/c1-6(2)10-8-5-3-4-7(8)9;1-7-5-3-2-4-6-7;1-2/h6-9H,3-5H2,1-2H3;2-6H2,1H3;1-2H3. The number of nitrogens with zero attached hydrogens (tertiary/aromatic N) is 1. The first-order valence-corrected chi connectivity index (χ1v) is 8.11. The normalized spacial score (nSPS) is 27.3. The Morgan fingerprint density at radius 3 is 1.89 bits per heavy atom. The van der Waals surface area contributed by atoms with Gasteiger partial charge in [0.05, 0.1) is 18.3 Å². The molecule has 2 atom stereocenters. The van der Waals surface area contributed by atoms with Crippen molar-refractivity contribution in [2.75, 3.05) is 20.1 Å². The molecule has 0 aromatic rings. The Hall–Kier alpha value is -0.120. The lowest BCUT2D eigenvalue weighted by Gasteiger charge is -2.20. The highest BCUT2D eigenvalue weighted by Gasteiger charge is 2.26. The van der Waals surface area contributed by atoms with Crippen LogP contribution in [-0.2, 0) is 4.74 Å². The molecule has 1 saturated heterocycles. The van der Waals surface area contributed by atoms with E-state index in [1.807, 2.05) is 27.7 Å². The van der Waals surface area contributed by atoms with E-state index in [1.165, 1.54) is 32.4 Å². The van der Waals surface area contributed by atoms with Gasteiger partial charge in [-0.3, -0.25) is 0 Å². The highest BCUT2D eigenvalue weighted by molar-refractivity contribution is 4.77. The lowest BCUT2D eigenvalue weighted by Crippen LogP contribution is -2.25. The molecule has 1 saturated carbocycles. The van der Waals surface area contributed by atoms with E-state index in [1.54, 1.807) is 0 Å². The third kappa shape index (κ3) is 9.42. The van der Waals surface area contributed by atoms with Gasteiger partial charge in [0, 0.05) is 0 Å². The maximum absolute atomic E-state index is 9.31. The van der Waals surface area contributed by atoms with Gasteiger partial charge in [0.2, 0.25) is 0 Å². The highest BCUT2D eigenvalue weighted by Crippen LogP contribution is 2.22. The monoisotopic (exact) mass is 273 g/mol. The Morgan fingerprint density at radius 2 is 1.58 bits per heavy atom. The summed E-state index contributed by atoms with van der Waals surface area (Å²) in [5, 5.41) is 9.31. The van der Waals surface area contributed by atoms with Gasteiger partial charge in [-0.15, -0.1) is 0 Å². The Morgan fingerprint density at radius 1 is 1.00 bits per heavy atom. The summed E-state index contributed by atoms with van der Waals surface area (Å²) < 4.78 is 5.47. The summed E-state index contributed by atoms with van der Waals surface area (Å²) >= 11 is 0. The van der Waals surface area contributed by atoms with Crippen LogP contribution >= 0.6 is 0 Å². The van der Waals surface area contributed by atoms with Gasteiger partial charge < -0.3 is 14.7 Å². The van der Waals surface area contributed by atoms with Crippen LogP contribution in [0.2, 0.25) is 0 Å². The zero-order chi connectivity index (χ0) is 14.7. The van der Waals surface area contributed by atoms with E-state index in [0.717, 1.165) is 19.3 Å². The Kier molecular flexibility index (Phi) is 11.6. The summed E-state index contributed by atoms with van der Waals surface area (Å²) in [7, 11) is 2.19. The molecule has 2 aliphatic rings. The molecular weight excluding hydrogens is 238 g/mol. The van der Waals surface area contributed by atoms with Gasteiger partial charge in [-0.25, -0.2) is 0 Å². The van der Waals surface area contributed by atoms with Gasteiger partial charge in [0.15, 0.2) is 0 Å². The van der Waals surface area contributed by atoms with E-state index in [9.17, 15) is 5.11 Å². The first-order chi connectivity index (χ1) is 9.09. The predicted molar refractivity (Wildman–Crippen MR) is 82.6 cm³/mol. The number of aliphatic hydroxyl groups is 1. The minimum absolute atomic E-state index is 0.111. The van der Waals surface area contributed by atoms with Crippen molar-refractivity contribution >= 4 is 0 Å². The number of piperidine rings is 1. The molecule has 0 aromatic carbocycles. The molecule has 1 heterocycles. The molecule has 2 rings (SSSR count). The van der Waals surface area contributed by atoms with Crippen LogP contribution in [0.4, 0.5) is 0 Å². The molecule has 0 spiro atoms. The zero-order valence-electron chi connectivity index (χ0n) is 13.7. The van der Waals surface area contributed by atoms with E-state index >= 15 is 0 Å². The molecule has 0 amide bonds. The average molecular weight is 273 g/mol. The van der Waals surface area contributed by atoms with Crippen molar-refractivity contribution < 1.29 is 9.84 Å². The molecule has 1 N–H and O–H groups in total. The molecule has 2 fully saturated rings. The summed E-state index contributed by atoms with van der Waals surface area (Å²) in [6.45, 7) is 10.6. The zero-order valence-corrected chi connectivity index (χ0v) is 13.7. The summed E-state index contributed by atoms with van der Waals surface area (Å²) in [6, 6.07) is 0. The van der Waals surface area contributed by atoms with E-state index in [-0.39, 0.29) is 18.3 Å². The Bertz CT molecular complexity index is 191. The van der Waals surface area contributed by atoms with Crippen LogP contribution in [0.1, 0.15) is 66.2 Å². The van der Waals surface area contributed by atoms with Crippen molar-refractivity contribution in [1.82, 2.24) is 4.90 Å². The lowest BCUT2D eigenvalue weighted by atomic mass is 10.1. The number of hydrogen-bond acceptors (Lipinski definition) is 3. The summed E-state index contributed by atoms with van der Waals surface area (Å²) in [5.41, 5.74) is 0. The van der Waals surface area contributed by atoms with Crippen molar-refractivity contribution in [2.24, 2.45) is 0 Å². The van der Waals surface area contributed by atoms with Crippen LogP contribution in [0.15, 0.2) is 0 Å². The first kappa shape index (κ1) is 18.9. The van der Waals surface area contributed by atoms with Crippen molar-refractivity contribution in [3.63, 3.8) is 0 Å². The van der Waals surface area contributed by atoms with Crippen molar-refractivity contribution in [3.05, 3.63) is 0 Å². The number of rotatable bonds is 2. The van der Waals surface area contributed by atoms with Gasteiger partial charge in [-0.2, -0.15) is 0 Å². The number of likely N-dealkylation sites (tertiary alicyclic amines) is 1. The van der Waals surface area contributed by atoms with Gasteiger partial charge in [-0.05, 0) is 66.1 Å². The predicted octanol–water partition coefficient (Wildman–Crippen LogP) is 3.45. The smallest absolute Gasteiger partial charge is 0.0837 e. The highest BCUT2D eigenvalue weighted by atomic mass is 16.5. The molecule has 19 heavy (non-hydrogen) atoms. The Labute approximate surface area is 120 Å². The van der Waals surface area contributed by atoms with Gasteiger partial charge in [0.25, 0.3) is 0 Å². The fourth-order valence-corrected chi connectivity index (χ4v) is 2.47. The van der Waals surface area contributed by atoms with Gasteiger partial charge in [0.1, 0.15) is 0 Å². The molecule has 116 valence electrons. The van der Waals surface area contributed by atoms with E-state index < -0.39 is 0 Å². The van der Waals surface area contributed by atoms with Crippen LogP contribution in [0.25, 0.3) is 0 Å². The molecule has 3 heteroatoms. The molecule has 2 unspecified atom stereocenters. The second kappa shape index (κ2) is 11.7. The summed E-state index contributed by atoms with van der Waals surface area (Å²) in [5.74, 6) is 0. The molecule has 0 radical (unpaired) electrons. The molecule has 1 aliphatic heterocycles. The van der Waals surface area contributed by atoms with Crippen molar-refractivity contribution in [3.8, 4) is 0 Å². The molecular formula is C16H35NO2. The third-order valence-electron chi connectivity index (χ3n) is 3.44. The first-order valence-electron chi connectivity index (χ1n) is 8.11. The molecule has 1 aliphatic carbocycles. The fraction of sp³-hybridized carbons (Fsp3) is 1.00. The average Bonchev–Trinajstić information content (AvgIpc) is 2.78.